The first-order valence-electron chi connectivity index (χ1n) is 6.34. The highest BCUT2D eigenvalue weighted by molar-refractivity contribution is 5.80. The van der Waals surface area contributed by atoms with Gasteiger partial charge in [0.05, 0.1) is 19.1 Å². The van der Waals surface area contributed by atoms with Crippen LogP contribution in [-0.2, 0) is 14.3 Å². The average Bonchev–Trinajstić information content (AvgIpc) is 2.83. The Hall–Kier alpha value is -1.36. The van der Waals surface area contributed by atoms with Gasteiger partial charge in [-0.05, 0) is 25.7 Å². The third-order valence-electron chi connectivity index (χ3n) is 3.16. The third kappa shape index (κ3) is 4.87. The van der Waals surface area contributed by atoms with Crippen molar-refractivity contribution in [2.24, 2.45) is 11.8 Å². The van der Waals surface area contributed by atoms with Crippen LogP contribution < -0.4 is 5.32 Å². The van der Waals surface area contributed by atoms with Gasteiger partial charge in [0.15, 0.2) is 0 Å². The van der Waals surface area contributed by atoms with E-state index in [9.17, 15) is 9.59 Å². The molecular weight excluding hydrogens is 234 g/mol. The molecule has 0 aliphatic heterocycles. The zero-order chi connectivity index (χ0) is 13.4. The lowest BCUT2D eigenvalue weighted by Gasteiger charge is -2.10. The fourth-order valence-electron chi connectivity index (χ4n) is 2.10. The van der Waals surface area contributed by atoms with E-state index < -0.39 is 5.97 Å². The van der Waals surface area contributed by atoms with E-state index in [-0.39, 0.29) is 17.7 Å². The number of nitrogens with one attached hydrogen (secondary N) is 1. The minimum atomic E-state index is -0.793. The molecule has 5 nitrogen and oxygen atoms in total. The predicted molar refractivity (Wildman–Crippen MR) is 67.1 cm³/mol. The standard InChI is InChI=1S/C13H21NO4/c1-2-3-7-18-8-6-14-12(15)10-4-5-11(9-10)13(16)17/h2,10-11H,1,3-9H2,(H,14,15)(H,16,17)/t10-,11+/m0/s1. The Kier molecular flexibility index (Phi) is 6.43. The number of aliphatic carboxylic acids is 1. The van der Waals surface area contributed by atoms with Crippen LogP contribution >= 0.6 is 0 Å². The van der Waals surface area contributed by atoms with Crippen molar-refractivity contribution in [2.45, 2.75) is 25.7 Å². The van der Waals surface area contributed by atoms with Crippen LogP contribution in [0.5, 0.6) is 0 Å². The van der Waals surface area contributed by atoms with Crippen LogP contribution in [0.4, 0.5) is 0 Å². The van der Waals surface area contributed by atoms with Gasteiger partial charge in [-0.2, -0.15) is 0 Å². The summed E-state index contributed by atoms with van der Waals surface area (Å²) < 4.78 is 5.27. The maximum absolute atomic E-state index is 11.7. The summed E-state index contributed by atoms with van der Waals surface area (Å²) >= 11 is 0. The molecule has 1 fully saturated rings. The Labute approximate surface area is 107 Å². The first-order chi connectivity index (χ1) is 8.65. The molecule has 1 saturated carbocycles. The average molecular weight is 255 g/mol. The smallest absolute Gasteiger partial charge is 0.306 e. The van der Waals surface area contributed by atoms with E-state index in [0.29, 0.717) is 39.0 Å². The van der Waals surface area contributed by atoms with Crippen LogP contribution in [0.2, 0.25) is 0 Å². The molecule has 1 aliphatic rings. The first-order valence-corrected chi connectivity index (χ1v) is 6.34. The zero-order valence-corrected chi connectivity index (χ0v) is 10.6. The molecule has 0 aromatic rings. The third-order valence-corrected chi connectivity index (χ3v) is 3.16. The summed E-state index contributed by atoms with van der Waals surface area (Å²) in [7, 11) is 0. The summed E-state index contributed by atoms with van der Waals surface area (Å²) in [6.07, 6.45) is 4.31. The van der Waals surface area contributed by atoms with Crippen molar-refractivity contribution in [3.63, 3.8) is 0 Å². The van der Waals surface area contributed by atoms with Gasteiger partial charge in [0, 0.05) is 12.5 Å². The molecule has 0 unspecified atom stereocenters. The van der Waals surface area contributed by atoms with Crippen molar-refractivity contribution < 1.29 is 19.4 Å². The van der Waals surface area contributed by atoms with E-state index in [0.717, 1.165) is 6.42 Å². The predicted octanol–water partition coefficient (Wildman–Crippen LogP) is 1.20. The second-order valence-corrected chi connectivity index (χ2v) is 4.53. The van der Waals surface area contributed by atoms with Crippen LogP contribution in [0, 0.1) is 11.8 Å². The normalized spacial score (nSPS) is 22.7. The van der Waals surface area contributed by atoms with E-state index in [1.165, 1.54) is 0 Å². The fourth-order valence-corrected chi connectivity index (χ4v) is 2.10. The van der Waals surface area contributed by atoms with Gasteiger partial charge in [-0.1, -0.05) is 6.08 Å². The Balaban J connectivity index is 2.10. The van der Waals surface area contributed by atoms with Crippen LogP contribution in [0.1, 0.15) is 25.7 Å². The lowest BCUT2D eigenvalue weighted by molar-refractivity contribution is -0.141. The lowest BCUT2D eigenvalue weighted by atomic mass is 10.0. The van der Waals surface area contributed by atoms with Gasteiger partial charge < -0.3 is 15.2 Å². The summed E-state index contributed by atoms with van der Waals surface area (Å²) in [5.74, 6) is -1.35. The summed E-state index contributed by atoms with van der Waals surface area (Å²) in [4.78, 5) is 22.5. The quantitative estimate of drug-likeness (QED) is 0.504. The summed E-state index contributed by atoms with van der Waals surface area (Å²) in [5, 5.41) is 11.6. The van der Waals surface area contributed by atoms with Crippen LogP contribution in [0.3, 0.4) is 0 Å². The van der Waals surface area contributed by atoms with Crippen molar-refractivity contribution >= 4 is 11.9 Å². The highest BCUT2D eigenvalue weighted by atomic mass is 16.5. The van der Waals surface area contributed by atoms with Crippen molar-refractivity contribution in [3.05, 3.63) is 12.7 Å². The van der Waals surface area contributed by atoms with E-state index in [1.807, 2.05) is 0 Å². The molecule has 5 heteroatoms. The van der Waals surface area contributed by atoms with Crippen molar-refractivity contribution in [3.8, 4) is 0 Å². The van der Waals surface area contributed by atoms with Crippen LogP contribution in [-0.4, -0.2) is 36.7 Å². The number of amides is 1. The van der Waals surface area contributed by atoms with Crippen molar-refractivity contribution in [2.75, 3.05) is 19.8 Å². The number of carbonyl (C=O) groups excluding carboxylic acids is 1. The molecule has 0 aromatic carbocycles. The monoisotopic (exact) mass is 255 g/mol. The number of carboxylic acid groups (broad SMARTS) is 1. The molecule has 0 bridgehead atoms. The second-order valence-electron chi connectivity index (χ2n) is 4.53. The molecule has 1 rings (SSSR count). The molecule has 0 aromatic heterocycles. The topological polar surface area (TPSA) is 75.6 Å². The van der Waals surface area contributed by atoms with E-state index >= 15 is 0 Å². The van der Waals surface area contributed by atoms with Gasteiger partial charge >= 0.3 is 5.97 Å². The number of hydrogen-bond acceptors (Lipinski definition) is 3. The zero-order valence-electron chi connectivity index (χ0n) is 10.6. The number of carboxylic acids is 1. The number of carbonyl (C=O) groups is 2. The van der Waals surface area contributed by atoms with E-state index in [1.54, 1.807) is 6.08 Å². The van der Waals surface area contributed by atoms with Gasteiger partial charge in [0.1, 0.15) is 0 Å². The summed E-state index contributed by atoms with van der Waals surface area (Å²) in [6.45, 7) is 5.15. The molecule has 1 aliphatic carbocycles. The van der Waals surface area contributed by atoms with Crippen LogP contribution in [0.25, 0.3) is 0 Å². The molecule has 0 spiro atoms. The fraction of sp³-hybridized carbons (Fsp3) is 0.692. The molecule has 1 amide bonds. The minimum absolute atomic E-state index is 0.0499. The second kappa shape index (κ2) is 7.87. The molecular formula is C13H21NO4. The molecule has 18 heavy (non-hydrogen) atoms. The number of ether oxygens (including phenoxy) is 1. The number of hydrogen-bond donors (Lipinski definition) is 2. The van der Waals surface area contributed by atoms with E-state index in [4.69, 9.17) is 9.84 Å². The maximum atomic E-state index is 11.7. The lowest BCUT2D eigenvalue weighted by Crippen LogP contribution is -2.32. The van der Waals surface area contributed by atoms with Crippen LogP contribution in [0.15, 0.2) is 12.7 Å². The van der Waals surface area contributed by atoms with Gasteiger partial charge in [0.2, 0.25) is 5.91 Å². The summed E-state index contributed by atoms with van der Waals surface area (Å²) in [5.41, 5.74) is 0. The SMILES string of the molecule is C=CCCOCCNC(=O)[C@H]1CC[C@@H](C(=O)O)C1. The highest BCUT2D eigenvalue weighted by Crippen LogP contribution is 2.30. The van der Waals surface area contributed by atoms with Crippen molar-refractivity contribution in [1.82, 2.24) is 5.32 Å². The molecule has 2 atom stereocenters. The van der Waals surface area contributed by atoms with E-state index in [2.05, 4.69) is 11.9 Å². The molecule has 0 heterocycles. The molecule has 102 valence electrons. The largest absolute Gasteiger partial charge is 0.481 e. The Morgan fingerprint density at radius 2 is 2.06 bits per heavy atom. The minimum Gasteiger partial charge on any atom is -0.481 e. The Bertz CT molecular complexity index is 303. The molecule has 0 radical (unpaired) electrons. The highest BCUT2D eigenvalue weighted by Gasteiger charge is 2.33. The molecule has 0 saturated heterocycles. The Morgan fingerprint density at radius 1 is 1.33 bits per heavy atom. The van der Waals surface area contributed by atoms with Crippen molar-refractivity contribution in [1.29, 1.82) is 0 Å². The maximum Gasteiger partial charge on any atom is 0.306 e. The van der Waals surface area contributed by atoms with Gasteiger partial charge in [-0.15, -0.1) is 6.58 Å². The van der Waals surface area contributed by atoms with Gasteiger partial charge in [0.25, 0.3) is 0 Å². The number of rotatable bonds is 8. The first kappa shape index (κ1) is 14.7. The summed E-state index contributed by atoms with van der Waals surface area (Å²) in [6, 6.07) is 0. The Morgan fingerprint density at radius 3 is 2.67 bits per heavy atom. The van der Waals surface area contributed by atoms with Gasteiger partial charge in [-0.25, -0.2) is 0 Å². The molecule has 2 N–H and O–H groups in total. The van der Waals surface area contributed by atoms with Gasteiger partial charge in [-0.3, -0.25) is 9.59 Å².